The van der Waals surface area contributed by atoms with Crippen molar-refractivity contribution in [3.8, 4) is 0 Å². The van der Waals surface area contributed by atoms with Crippen molar-refractivity contribution < 1.29 is 0 Å². The molecule has 1 saturated heterocycles. The van der Waals surface area contributed by atoms with Crippen LogP contribution in [0, 0.1) is 0 Å². The minimum Gasteiger partial charge on any atom is -0.314 e. The molecule has 1 aliphatic rings. The van der Waals surface area contributed by atoms with E-state index in [0.29, 0.717) is 0 Å². The van der Waals surface area contributed by atoms with Gasteiger partial charge in [0.2, 0.25) is 0 Å². The molecule has 4 nitrogen and oxygen atoms in total. The second-order valence-corrected chi connectivity index (χ2v) is 3.78. The monoisotopic (exact) mass is 184 g/mol. The van der Waals surface area contributed by atoms with E-state index in [0.717, 1.165) is 32.7 Å². The molecule has 66 valence electrons. The molecule has 0 amide bonds. The third kappa shape index (κ3) is 2.00. The van der Waals surface area contributed by atoms with E-state index >= 15 is 0 Å². The average molecular weight is 184 g/mol. The zero-order valence-corrected chi connectivity index (χ0v) is 7.68. The quantitative estimate of drug-likeness (QED) is 0.699. The Morgan fingerprint density at radius 1 is 1.50 bits per heavy atom. The summed E-state index contributed by atoms with van der Waals surface area (Å²) in [4.78, 5) is 3.68. The van der Waals surface area contributed by atoms with Gasteiger partial charge in [-0.05, 0) is 11.5 Å². The van der Waals surface area contributed by atoms with Crippen LogP contribution in [0.2, 0.25) is 0 Å². The fourth-order valence-corrected chi connectivity index (χ4v) is 1.88. The first-order chi connectivity index (χ1) is 5.95. The highest BCUT2D eigenvalue weighted by atomic mass is 32.1. The van der Waals surface area contributed by atoms with Crippen molar-refractivity contribution >= 4 is 11.5 Å². The first-order valence-corrected chi connectivity index (χ1v) is 4.92. The maximum Gasteiger partial charge on any atom is 0.0666 e. The van der Waals surface area contributed by atoms with E-state index in [1.54, 1.807) is 0 Å². The van der Waals surface area contributed by atoms with Crippen molar-refractivity contribution in [2.24, 2.45) is 0 Å². The van der Waals surface area contributed by atoms with Gasteiger partial charge in [-0.15, -0.1) is 5.10 Å². The SMILES string of the molecule is c1nnsc1CN1CCNCC1. The van der Waals surface area contributed by atoms with E-state index in [1.165, 1.54) is 16.4 Å². The summed E-state index contributed by atoms with van der Waals surface area (Å²) in [6.45, 7) is 5.49. The lowest BCUT2D eigenvalue weighted by molar-refractivity contribution is 0.235. The number of rotatable bonds is 2. The first-order valence-electron chi connectivity index (χ1n) is 4.14. The van der Waals surface area contributed by atoms with Crippen molar-refractivity contribution in [2.75, 3.05) is 26.2 Å². The predicted molar refractivity (Wildman–Crippen MR) is 48.1 cm³/mol. The third-order valence-corrected chi connectivity index (χ3v) is 2.64. The standard InChI is InChI=1S/C7H12N4S/c1-3-11(4-2-8-1)6-7-5-9-10-12-7/h5,8H,1-4,6H2. The topological polar surface area (TPSA) is 41.1 Å². The maximum absolute atomic E-state index is 3.84. The number of nitrogens with one attached hydrogen (secondary N) is 1. The van der Waals surface area contributed by atoms with Crippen molar-refractivity contribution in [3.63, 3.8) is 0 Å². The molecule has 1 aromatic heterocycles. The minimum absolute atomic E-state index is 1.01. The largest absolute Gasteiger partial charge is 0.314 e. The van der Waals surface area contributed by atoms with Gasteiger partial charge < -0.3 is 5.32 Å². The number of hydrogen-bond donors (Lipinski definition) is 1. The zero-order valence-electron chi connectivity index (χ0n) is 6.86. The molecule has 12 heavy (non-hydrogen) atoms. The van der Waals surface area contributed by atoms with Crippen LogP contribution in [0.25, 0.3) is 0 Å². The van der Waals surface area contributed by atoms with Crippen LogP contribution in [0.4, 0.5) is 0 Å². The van der Waals surface area contributed by atoms with Gasteiger partial charge in [0.05, 0.1) is 11.1 Å². The van der Waals surface area contributed by atoms with E-state index in [2.05, 4.69) is 19.8 Å². The summed E-state index contributed by atoms with van der Waals surface area (Å²) in [5.41, 5.74) is 0. The second kappa shape index (κ2) is 3.93. The number of piperazine rings is 1. The lowest BCUT2D eigenvalue weighted by Gasteiger charge is -2.26. The van der Waals surface area contributed by atoms with Crippen molar-refractivity contribution in [3.05, 3.63) is 11.1 Å². The predicted octanol–water partition coefficient (Wildman–Crippen LogP) is -0.0567. The Morgan fingerprint density at radius 2 is 2.33 bits per heavy atom. The van der Waals surface area contributed by atoms with Gasteiger partial charge in [-0.25, -0.2) is 0 Å². The molecule has 5 heteroatoms. The molecule has 1 N–H and O–H groups in total. The van der Waals surface area contributed by atoms with Crippen molar-refractivity contribution in [1.29, 1.82) is 0 Å². The smallest absolute Gasteiger partial charge is 0.0666 e. The summed E-state index contributed by atoms with van der Waals surface area (Å²) in [7, 11) is 0. The number of nitrogens with zero attached hydrogens (tertiary/aromatic N) is 3. The molecule has 1 aliphatic heterocycles. The Hall–Kier alpha value is -0.520. The minimum atomic E-state index is 1.01. The molecule has 0 unspecified atom stereocenters. The molecule has 0 radical (unpaired) electrons. The molecule has 2 heterocycles. The van der Waals surface area contributed by atoms with Crippen LogP contribution >= 0.6 is 11.5 Å². The second-order valence-electron chi connectivity index (χ2n) is 2.91. The van der Waals surface area contributed by atoms with Gasteiger partial charge in [-0.1, -0.05) is 4.49 Å². The van der Waals surface area contributed by atoms with Gasteiger partial charge in [0.25, 0.3) is 0 Å². The van der Waals surface area contributed by atoms with E-state index in [4.69, 9.17) is 0 Å². The molecule has 0 bridgehead atoms. The summed E-state index contributed by atoms with van der Waals surface area (Å²) >= 11 is 1.49. The summed E-state index contributed by atoms with van der Waals surface area (Å²) in [5, 5.41) is 7.14. The Balaban J connectivity index is 1.86. The Bertz CT molecular complexity index is 217. The molecule has 1 fully saturated rings. The maximum atomic E-state index is 3.84. The van der Waals surface area contributed by atoms with Crippen LogP contribution < -0.4 is 5.32 Å². The Morgan fingerprint density at radius 3 is 3.00 bits per heavy atom. The lowest BCUT2D eigenvalue weighted by atomic mass is 10.3. The third-order valence-electron chi connectivity index (χ3n) is 2.00. The van der Waals surface area contributed by atoms with Gasteiger partial charge in [0, 0.05) is 32.7 Å². The van der Waals surface area contributed by atoms with Crippen molar-refractivity contribution in [1.82, 2.24) is 19.8 Å². The Labute approximate surface area is 75.7 Å². The number of hydrogen-bond acceptors (Lipinski definition) is 5. The fourth-order valence-electron chi connectivity index (χ4n) is 1.35. The summed E-state index contributed by atoms with van der Waals surface area (Å²) in [6, 6.07) is 0. The van der Waals surface area contributed by atoms with E-state index < -0.39 is 0 Å². The molecule has 1 aromatic rings. The van der Waals surface area contributed by atoms with Crippen LogP contribution in [0.3, 0.4) is 0 Å². The molecular weight excluding hydrogens is 172 g/mol. The fraction of sp³-hybridized carbons (Fsp3) is 0.714. The summed E-state index contributed by atoms with van der Waals surface area (Å²) in [6.07, 6.45) is 1.85. The Kier molecular flexibility index (Phi) is 2.65. The van der Waals surface area contributed by atoms with E-state index in [9.17, 15) is 0 Å². The number of aromatic nitrogens is 2. The normalized spacial score (nSPS) is 19.7. The summed E-state index contributed by atoms with van der Waals surface area (Å²) in [5.74, 6) is 0. The molecule has 0 aromatic carbocycles. The zero-order chi connectivity index (χ0) is 8.23. The van der Waals surface area contributed by atoms with Gasteiger partial charge >= 0.3 is 0 Å². The van der Waals surface area contributed by atoms with Crippen LogP contribution in [0.1, 0.15) is 4.88 Å². The molecule has 0 saturated carbocycles. The van der Waals surface area contributed by atoms with Gasteiger partial charge in [-0.2, -0.15) is 0 Å². The molecule has 0 spiro atoms. The summed E-state index contributed by atoms with van der Waals surface area (Å²) < 4.78 is 3.84. The average Bonchev–Trinajstić information content (AvgIpc) is 2.59. The van der Waals surface area contributed by atoms with Crippen LogP contribution in [0.15, 0.2) is 6.20 Å². The molecule has 2 rings (SSSR count). The molecule has 0 aliphatic carbocycles. The van der Waals surface area contributed by atoms with E-state index in [1.807, 2.05) is 6.20 Å². The van der Waals surface area contributed by atoms with Gasteiger partial charge in [0.1, 0.15) is 0 Å². The highest BCUT2D eigenvalue weighted by Crippen LogP contribution is 2.06. The van der Waals surface area contributed by atoms with Crippen LogP contribution in [-0.2, 0) is 6.54 Å². The van der Waals surface area contributed by atoms with Crippen LogP contribution in [0.5, 0.6) is 0 Å². The lowest BCUT2D eigenvalue weighted by Crippen LogP contribution is -2.42. The van der Waals surface area contributed by atoms with Gasteiger partial charge in [0.15, 0.2) is 0 Å². The first kappa shape index (κ1) is 8.10. The van der Waals surface area contributed by atoms with Crippen LogP contribution in [-0.4, -0.2) is 40.7 Å². The van der Waals surface area contributed by atoms with Gasteiger partial charge in [-0.3, -0.25) is 4.90 Å². The highest BCUT2D eigenvalue weighted by molar-refractivity contribution is 7.05. The van der Waals surface area contributed by atoms with Crippen molar-refractivity contribution in [2.45, 2.75) is 6.54 Å². The molecular formula is C7H12N4S. The highest BCUT2D eigenvalue weighted by Gasteiger charge is 2.10. The van der Waals surface area contributed by atoms with E-state index in [-0.39, 0.29) is 0 Å². The molecule has 0 atom stereocenters.